The van der Waals surface area contributed by atoms with E-state index in [0.717, 1.165) is 12.1 Å². The van der Waals surface area contributed by atoms with E-state index in [0.29, 0.717) is 6.54 Å². The molecule has 25 heavy (non-hydrogen) atoms. The molecule has 1 heterocycles. The number of esters is 1. The number of aryl methyl sites for hydroxylation is 1. The Morgan fingerprint density at radius 3 is 2.68 bits per heavy atom. The number of ether oxygens (including phenoxy) is 1. The molecule has 0 spiro atoms. The molecule has 0 radical (unpaired) electrons. The number of carbonyl (C=O) groups is 3. The zero-order chi connectivity index (χ0) is 18.4. The van der Waals surface area contributed by atoms with E-state index in [4.69, 9.17) is 4.74 Å². The number of nitrogens with one attached hydrogen (secondary N) is 1. The van der Waals surface area contributed by atoms with Crippen LogP contribution in [0.15, 0.2) is 36.9 Å². The summed E-state index contributed by atoms with van der Waals surface area (Å²) in [7, 11) is 0. The van der Waals surface area contributed by atoms with Crippen molar-refractivity contribution in [1.82, 2.24) is 5.32 Å². The summed E-state index contributed by atoms with van der Waals surface area (Å²) in [5.74, 6) is -1.59. The SMILES string of the molecule is C=CCNC(=O)[C@H](C)OC(=O)[C@H]1CC(=O)N(c2ccc(CC)cc2)C1. The van der Waals surface area contributed by atoms with Crippen LogP contribution in [-0.2, 0) is 25.5 Å². The number of hydrogen-bond acceptors (Lipinski definition) is 4. The van der Waals surface area contributed by atoms with Crippen LogP contribution >= 0.6 is 0 Å². The molecule has 1 N–H and O–H groups in total. The Bertz CT molecular complexity index is 654. The molecule has 6 heteroatoms. The van der Waals surface area contributed by atoms with Crippen LogP contribution < -0.4 is 10.2 Å². The zero-order valence-corrected chi connectivity index (χ0v) is 14.7. The first-order valence-electron chi connectivity index (χ1n) is 8.44. The van der Waals surface area contributed by atoms with Crippen molar-refractivity contribution in [2.75, 3.05) is 18.0 Å². The van der Waals surface area contributed by atoms with E-state index in [1.165, 1.54) is 12.5 Å². The highest BCUT2D eigenvalue weighted by molar-refractivity contribution is 5.99. The fourth-order valence-corrected chi connectivity index (χ4v) is 2.67. The van der Waals surface area contributed by atoms with Crippen LogP contribution in [0.5, 0.6) is 0 Å². The van der Waals surface area contributed by atoms with Gasteiger partial charge in [0.2, 0.25) is 5.91 Å². The Labute approximate surface area is 147 Å². The number of benzene rings is 1. The molecular formula is C19H24N2O4. The smallest absolute Gasteiger partial charge is 0.312 e. The first kappa shape index (κ1) is 18.7. The van der Waals surface area contributed by atoms with Crippen LogP contribution in [0.3, 0.4) is 0 Å². The predicted molar refractivity (Wildman–Crippen MR) is 95.0 cm³/mol. The third-order valence-corrected chi connectivity index (χ3v) is 4.20. The zero-order valence-electron chi connectivity index (χ0n) is 14.7. The van der Waals surface area contributed by atoms with Gasteiger partial charge in [-0.1, -0.05) is 25.1 Å². The van der Waals surface area contributed by atoms with E-state index < -0.39 is 18.0 Å². The van der Waals surface area contributed by atoms with Crippen LogP contribution in [0.2, 0.25) is 0 Å². The molecule has 0 aliphatic carbocycles. The lowest BCUT2D eigenvalue weighted by Crippen LogP contribution is -2.37. The predicted octanol–water partition coefficient (Wildman–Crippen LogP) is 1.84. The van der Waals surface area contributed by atoms with Gasteiger partial charge in [0, 0.05) is 25.2 Å². The fraction of sp³-hybridized carbons (Fsp3) is 0.421. The highest BCUT2D eigenvalue weighted by Gasteiger charge is 2.37. The third kappa shape index (κ3) is 4.68. The molecular weight excluding hydrogens is 320 g/mol. The van der Waals surface area contributed by atoms with E-state index in [2.05, 4.69) is 18.8 Å². The normalized spacial score (nSPS) is 17.9. The molecule has 2 atom stereocenters. The first-order chi connectivity index (χ1) is 12.0. The Morgan fingerprint density at radius 2 is 2.08 bits per heavy atom. The molecule has 0 unspecified atom stereocenters. The molecule has 0 saturated carbocycles. The number of rotatable bonds is 7. The summed E-state index contributed by atoms with van der Waals surface area (Å²) in [6, 6.07) is 7.71. The highest BCUT2D eigenvalue weighted by atomic mass is 16.5. The van der Waals surface area contributed by atoms with Gasteiger partial charge in [-0.3, -0.25) is 14.4 Å². The van der Waals surface area contributed by atoms with Crippen LogP contribution in [-0.4, -0.2) is 37.0 Å². The van der Waals surface area contributed by atoms with Gasteiger partial charge in [0.05, 0.1) is 5.92 Å². The second-order valence-corrected chi connectivity index (χ2v) is 6.04. The van der Waals surface area contributed by atoms with Gasteiger partial charge in [-0.15, -0.1) is 6.58 Å². The van der Waals surface area contributed by atoms with Crippen molar-refractivity contribution in [3.8, 4) is 0 Å². The Kier molecular flexibility index (Phi) is 6.33. The van der Waals surface area contributed by atoms with Gasteiger partial charge >= 0.3 is 5.97 Å². The molecule has 1 aliphatic rings. The summed E-state index contributed by atoms with van der Waals surface area (Å²) in [6.07, 6.45) is 1.66. The average molecular weight is 344 g/mol. The number of nitrogens with zero attached hydrogens (tertiary/aromatic N) is 1. The summed E-state index contributed by atoms with van der Waals surface area (Å²) in [5, 5.41) is 2.57. The molecule has 0 bridgehead atoms. The van der Waals surface area contributed by atoms with E-state index in [-0.39, 0.29) is 24.8 Å². The molecule has 1 fully saturated rings. The second-order valence-electron chi connectivity index (χ2n) is 6.04. The topological polar surface area (TPSA) is 75.7 Å². The number of anilines is 1. The molecule has 0 aromatic heterocycles. The minimum absolute atomic E-state index is 0.0926. The second kappa shape index (κ2) is 8.46. The standard InChI is InChI=1S/C19H24N2O4/c1-4-10-20-18(23)13(3)25-19(24)15-11-17(22)21(12-15)16-8-6-14(5-2)7-9-16/h4,6-9,13,15H,1,5,10-12H2,2-3H3,(H,20,23)/t13-,15-/m0/s1. The van der Waals surface area contributed by atoms with Crippen LogP contribution in [0.1, 0.15) is 25.8 Å². The van der Waals surface area contributed by atoms with Gasteiger partial charge in [-0.2, -0.15) is 0 Å². The van der Waals surface area contributed by atoms with Crippen LogP contribution in [0, 0.1) is 5.92 Å². The lowest BCUT2D eigenvalue weighted by molar-refractivity contribution is -0.158. The van der Waals surface area contributed by atoms with Crippen molar-refractivity contribution in [1.29, 1.82) is 0 Å². The molecule has 6 nitrogen and oxygen atoms in total. The summed E-state index contributed by atoms with van der Waals surface area (Å²) < 4.78 is 5.20. The van der Waals surface area contributed by atoms with Crippen molar-refractivity contribution in [2.45, 2.75) is 32.8 Å². The minimum Gasteiger partial charge on any atom is -0.452 e. The molecule has 134 valence electrons. The summed E-state index contributed by atoms with van der Waals surface area (Å²) in [6.45, 7) is 7.66. The average Bonchev–Trinajstić information content (AvgIpc) is 3.01. The van der Waals surface area contributed by atoms with Crippen molar-refractivity contribution >= 4 is 23.5 Å². The molecule has 2 rings (SSSR count). The quantitative estimate of drug-likeness (QED) is 0.605. The Balaban J connectivity index is 1.95. The maximum atomic E-state index is 12.3. The first-order valence-corrected chi connectivity index (χ1v) is 8.44. The summed E-state index contributed by atoms with van der Waals surface area (Å²) in [5.41, 5.74) is 1.96. The molecule has 1 aliphatic heterocycles. The lowest BCUT2D eigenvalue weighted by Gasteiger charge is -2.18. The summed E-state index contributed by atoms with van der Waals surface area (Å²) in [4.78, 5) is 37.8. The number of hydrogen-bond donors (Lipinski definition) is 1. The minimum atomic E-state index is -0.902. The monoisotopic (exact) mass is 344 g/mol. The largest absolute Gasteiger partial charge is 0.452 e. The van der Waals surface area contributed by atoms with E-state index in [9.17, 15) is 14.4 Å². The Hall–Kier alpha value is -2.63. The maximum Gasteiger partial charge on any atom is 0.312 e. The molecule has 1 aromatic carbocycles. The van der Waals surface area contributed by atoms with Gasteiger partial charge in [-0.25, -0.2) is 0 Å². The van der Waals surface area contributed by atoms with Crippen LogP contribution in [0.25, 0.3) is 0 Å². The third-order valence-electron chi connectivity index (χ3n) is 4.20. The molecule has 1 aromatic rings. The van der Waals surface area contributed by atoms with Crippen molar-refractivity contribution < 1.29 is 19.1 Å². The van der Waals surface area contributed by atoms with E-state index in [1.54, 1.807) is 11.0 Å². The Morgan fingerprint density at radius 1 is 1.40 bits per heavy atom. The van der Waals surface area contributed by atoms with Crippen molar-refractivity contribution in [3.05, 3.63) is 42.5 Å². The van der Waals surface area contributed by atoms with Crippen molar-refractivity contribution in [2.24, 2.45) is 5.92 Å². The fourth-order valence-electron chi connectivity index (χ4n) is 2.67. The maximum absolute atomic E-state index is 12.3. The van der Waals surface area contributed by atoms with E-state index >= 15 is 0 Å². The number of amides is 2. The highest BCUT2D eigenvalue weighted by Crippen LogP contribution is 2.26. The van der Waals surface area contributed by atoms with Gasteiger partial charge < -0.3 is 15.0 Å². The molecule has 1 saturated heterocycles. The lowest BCUT2D eigenvalue weighted by atomic mass is 10.1. The van der Waals surface area contributed by atoms with Gasteiger partial charge in [0.15, 0.2) is 6.10 Å². The molecule has 2 amide bonds. The van der Waals surface area contributed by atoms with E-state index in [1.807, 2.05) is 24.3 Å². The van der Waals surface area contributed by atoms with Gasteiger partial charge in [0.25, 0.3) is 5.91 Å². The van der Waals surface area contributed by atoms with Gasteiger partial charge in [-0.05, 0) is 31.0 Å². The summed E-state index contributed by atoms with van der Waals surface area (Å²) >= 11 is 0. The van der Waals surface area contributed by atoms with Crippen molar-refractivity contribution in [3.63, 3.8) is 0 Å². The van der Waals surface area contributed by atoms with Gasteiger partial charge in [0.1, 0.15) is 0 Å². The van der Waals surface area contributed by atoms with Crippen LogP contribution in [0.4, 0.5) is 5.69 Å². The number of carbonyl (C=O) groups excluding carboxylic acids is 3.